The van der Waals surface area contributed by atoms with E-state index in [1.165, 1.54) is 0 Å². The first-order chi connectivity index (χ1) is 9.76. The predicted molar refractivity (Wildman–Crippen MR) is 86.1 cm³/mol. The smallest absolute Gasteiger partial charge is 0.0645 e. The van der Waals surface area contributed by atoms with Crippen LogP contribution in [0.15, 0.2) is 18.2 Å². The van der Waals surface area contributed by atoms with Gasteiger partial charge in [0.15, 0.2) is 0 Å². The molecule has 0 spiro atoms. The number of morpholine rings is 1. The molecule has 2 rings (SSSR count). The molecule has 0 aliphatic carbocycles. The molecule has 1 aliphatic rings. The number of nitrogens with one attached hydrogen (secondary N) is 1. The van der Waals surface area contributed by atoms with Crippen LogP contribution >= 0.6 is 0 Å². The van der Waals surface area contributed by atoms with Gasteiger partial charge in [-0.15, -0.1) is 0 Å². The lowest BCUT2D eigenvalue weighted by atomic mass is 10.0. The Hall–Kier alpha value is -0.970. The minimum absolute atomic E-state index is 0.0829. The van der Waals surface area contributed by atoms with Crippen molar-refractivity contribution in [1.29, 1.82) is 0 Å². The van der Waals surface area contributed by atoms with E-state index < -0.39 is 0 Å². The quantitative estimate of drug-likeness (QED) is 0.925. The fraction of sp³-hybridized carbons (Fsp3) is 0.706. The zero-order valence-electron chi connectivity index (χ0n) is 14.1. The largest absolute Gasteiger partial charge is 0.378 e. The topological polar surface area (TPSA) is 37.4 Å². The van der Waals surface area contributed by atoms with E-state index in [4.69, 9.17) is 9.72 Å². The first kappa shape index (κ1) is 16.4. The normalized spacial score (nSPS) is 19.7. The molecule has 1 N–H and O–H groups in total. The number of ether oxygens (including phenoxy) is 1. The summed E-state index contributed by atoms with van der Waals surface area (Å²) in [6, 6.07) is 6.31. The highest BCUT2D eigenvalue weighted by atomic mass is 16.5. The summed E-state index contributed by atoms with van der Waals surface area (Å²) < 4.78 is 5.58. The van der Waals surface area contributed by atoms with Crippen LogP contribution in [0.3, 0.4) is 0 Å². The van der Waals surface area contributed by atoms with Gasteiger partial charge in [-0.2, -0.15) is 0 Å². The van der Waals surface area contributed by atoms with Gasteiger partial charge in [0.25, 0.3) is 0 Å². The lowest BCUT2D eigenvalue weighted by Crippen LogP contribution is -2.52. The zero-order chi connectivity index (χ0) is 15.5. The number of aromatic nitrogens is 1. The van der Waals surface area contributed by atoms with Gasteiger partial charge < -0.3 is 10.1 Å². The average Bonchev–Trinajstić information content (AvgIpc) is 2.39. The van der Waals surface area contributed by atoms with Gasteiger partial charge in [0.05, 0.1) is 24.6 Å². The third kappa shape index (κ3) is 5.06. The van der Waals surface area contributed by atoms with Gasteiger partial charge >= 0.3 is 0 Å². The van der Waals surface area contributed by atoms with Crippen molar-refractivity contribution < 1.29 is 4.74 Å². The minimum Gasteiger partial charge on any atom is -0.378 e. The van der Waals surface area contributed by atoms with Crippen LogP contribution in [0.2, 0.25) is 0 Å². The summed E-state index contributed by atoms with van der Waals surface area (Å²) in [6.45, 7) is 15.3. The maximum atomic E-state index is 5.58. The summed E-state index contributed by atoms with van der Waals surface area (Å²) in [5.74, 6) is 0. The number of pyridine rings is 1. The standard InChI is InChI=1S/C17H29N3O/c1-16(2,3)18-11-14-7-6-8-15(19-14)12-20-9-10-21-13-17(20,4)5/h6-8,18H,9-13H2,1-5H3. The molecule has 1 aromatic heterocycles. The Morgan fingerprint density at radius 3 is 2.67 bits per heavy atom. The van der Waals surface area contributed by atoms with Crippen LogP contribution in [0.25, 0.3) is 0 Å². The average molecular weight is 291 g/mol. The van der Waals surface area contributed by atoms with Gasteiger partial charge in [-0.25, -0.2) is 0 Å². The first-order valence-corrected chi connectivity index (χ1v) is 7.79. The maximum absolute atomic E-state index is 5.58. The Balaban J connectivity index is 2.00. The third-order valence-electron chi connectivity index (χ3n) is 3.83. The number of nitrogens with zero attached hydrogens (tertiary/aromatic N) is 2. The molecule has 0 aromatic carbocycles. The second-order valence-corrected chi connectivity index (χ2v) is 7.51. The van der Waals surface area contributed by atoms with Crippen molar-refractivity contribution in [2.45, 2.75) is 58.8 Å². The van der Waals surface area contributed by atoms with Gasteiger partial charge in [-0.1, -0.05) is 6.07 Å². The lowest BCUT2D eigenvalue weighted by Gasteiger charge is -2.41. The van der Waals surface area contributed by atoms with E-state index >= 15 is 0 Å². The zero-order valence-corrected chi connectivity index (χ0v) is 14.1. The van der Waals surface area contributed by atoms with Crippen LogP contribution in [0.1, 0.15) is 46.0 Å². The van der Waals surface area contributed by atoms with E-state index in [0.29, 0.717) is 0 Å². The van der Waals surface area contributed by atoms with Gasteiger partial charge in [0.2, 0.25) is 0 Å². The SMILES string of the molecule is CC(C)(C)NCc1cccc(CN2CCOCC2(C)C)n1. The summed E-state index contributed by atoms with van der Waals surface area (Å²) in [7, 11) is 0. The summed E-state index contributed by atoms with van der Waals surface area (Å²) in [5.41, 5.74) is 2.44. The van der Waals surface area contributed by atoms with Crippen LogP contribution in [0, 0.1) is 0 Å². The van der Waals surface area contributed by atoms with Gasteiger partial charge in [-0.05, 0) is 46.8 Å². The Bertz CT molecular complexity index is 465. The molecule has 118 valence electrons. The highest BCUT2D eigenvalue weighted by Gasteiger charge is 2.30. The van der Waals surface area contributed by atoms with Crippen LogP contribution in [0.4, 0.5) is 0 Å². The number of rotatable bonds is 4. The number of hydrogen-bond donors (Lipinski definition) is 1. The Morgan fingerprint density at radius 1 is 1.29 bits per heavy atom. The summed E-state index contributed by atoms with van der Waals surface area (Å²) >= 11 is 0. The Morgan fingerprint density at radius 2 is 2.00 bits per heavy atom. The van der Waals surface area contributed by atoms with Crippen molar-refractivity contribution >= 4 is 0 Å². The molecule has 4 heteroatoms. The number of hydrogen-bond acceptors (Lipinski definition) is 4. The molecule has 1 aromatic rings. The molecule has 1 aliphatic heterocycles. The molecular formula is C17H29N3O. The third-order valence-corrected chi connectivity index (χ3v) is 3.83. The van der Waals surface area contributed by atoms with E-state index in [0.717, 1.165) is 44.2 Å². The molecular weight excluding hydrogens is 262 g/mol. The van der Waals surface area contributed by atoms with Gasteiger partial charge in [0, 0.05) is 30.7 Å². The van der Waals surface area contributed by atoms with E-state index in [1.54, 1.807) is 0 Å². The van der Waals surface area contributed by atoms with Crippen molar-refractivity contribution in [1.82, 2.24) is 15.2 Å². The second kappa shape index (κ2) is 6.42. The van der Waals surface area contributed by atoms with E-state index in [2.05, 4.69) is 63.0 Å². The van der Waals surface area contributed by atoms with E-state index in [1.807, 2.05) is 0 Å². The maximum Gasteiger partial charge on any atom is 0.0645 e. The lowest BCUT2D eigenvalue weighted by molar-refractivity contribution is -0.0558. The Labute approximate surface area is 128 Å². The summed E-state index contributed by atoms with van der Waals surface area (Å²) in [4.78, 5) is 7.25. The molecule has 2 heterocycles. The molecule has 1 fully saturated rings. The summed E-state index contributed by atoms with van der Waals surface area (Å²) in [5, 5.41) is 3.49. The predicted octanol–water partition coefficient (Wildman–Crippen LogP) is 2.58. The molecule has 0 atom stereocenters. The highest BCUT2D eigenvalue weighted by molar-refractivity contribution is 5.12. The van der Waals surface area contributed by atoms with Crippen LogP contribution in [-0.4, -0.2) is 40.7 Å². The second-order valence-electron chi connectivity index (χ2n) is 7.51. The highest BCUT2D eigenvalue weighted by Crippen LogP contribution is 2.21. The molecule has 0 amide bonds. The van der Waals surface area contributed by atoms with Gasteiger partial charge in [-0.3, -0.25) is 9.88 Å². The van der Waals surface area contributed by atoms with E-state index in [9.17, 15) is 0 Å². The summed E-state index contributed by atoms with van der Waals surface area (Å²) in [6.07, 6.45) is 0. The van der Waals surface area contributed by atoms with Crippen LogP contribution in [-0.2, 0) is 17.8 Å². The molecule has 0 saturated carbocycles. The van der Waals surface area contributed by atoms with Crippen LogP contribution in [0.5, 0.6) is 0 Å². The molecule has 21 heavy (non-hydrogen) atoms. The first-order valence-electron chi connectivity index (χ1n) is 7.79. The fourth-order valence-corrected chi connectivity index (χ4v) is 2.45. The molecule has 0 unspecified atom stereocenters. The van der Waals surface area contributed by atoms with Crippen molar-refractivity contribution in [2.75, 3.05) is 19.8 Å². The van der Waals surface area contributed by atoms with Crippen molar-refractivity contribution in [3.8, 4) is 0 Å². The monoisotopic (exact) mass is 291 g/mol. The Kier molecular flexibility index (Phi) is 5.02. The minimum atomic E-state index is 0.0829. The van der Waals surface area contributed by atoms with Crippen LogP contribution < -0.4 is 5.32 Å². The molecule has 4 nitrogen and oxygen atoms in total. The fourth-order valence-electron chi connectivity index (χ4n) is 2.45. The van der Waals surface area contributed by atoms with Gasteiger partial charge in [0.1, 0.15) is 0 Å². The van der Waals surface area contributed by atoms with Crippen molar-refractivity contribution in [3.63, 3.8) is 0 Å². The van der Waals surface area contributed by atoms with Crippen molar-refractivity contribution in [2.24, 2.45) is 0 Å². The molecule has 1 saturated heterocycles. The van der Waals surface area contributed by atoms with E-state index in [-0.39, 0.29) is 11.1 Å². The molecule has 0 radical (unpaired) electrons. The molecule has 0 bridgehead atoms. The van der Waals surface area contributed by atoms with Crippen molar-refractivity contribution in [3.05, 3.63) is 29.6 Å².